The second-order valence-corrected chi connectivity index (χ2v) is 10.8. The first-order chi connectivity index (χ1) is 13.7. The Kier molecular flexibility index (Phi) is 6.71. The number of nitrogens with zero attached hydrogens (tertiary/aromatic N) is 1. The van der Waals surface area contributed by atoms with Gasteiger partial charge in [0.15, 0.2) is 0 Å². The van der Waals surface area contributed by atoms with Crippen LogP contribution < -0.4 is 0 Å². The Morgan fingerprint density at radius 1 is 0.857 bits per heavy atom. The summed E-state index contributed by atoms with van der Waals surface area (Å²) in [4.78, 5) is 0. The highest BCUT2D eigenvalue weighted by atomic mass is 16.5. The van der Waals surface area contributed by atoms with Gasteiger partial charge in [-0.1, -0.05) is 32.6 Å². The van der Waals surface area contributed by atoms with Crippen LogP contribution in [0.15, 0.2) is 0 Å². The lowest BCUT2D eigenvalue weighted by Gasteiger charge is -2.57. The number of nitriles is 1. The first-order valence-corrected chi connectivity index (χ1v) is 12.7. The maximum absolute atomic E-state index is 10.0. The maximum Gasteiger partial charge on any atom is 0.0689 e. The monoisotopic (exact) mass is 385 g/mol. The molecule has 2 nitrogen and oxygen atoms in total. The topological polar surface area (TPSA) is 33.0 Å². The van der Waals surface area contributed by atoms with Crippen LogP contribution in [0.1, 0.15) is 104 Å². The molecule has 0 aliphatic heterocycles. The van der Waals surface area contributed by atoms with Crippen molar-refractivity contribution in [3.63, 3.8) is 0 Å². The van der Waals surface area contributed by atoms with Crippen molar-refractivity contribution < 1.29 is 4.74 Å². The Balaban J connectivity index is 1.42. The molecule has 158 valence electrons. The maximum atomic E-state index is 10.0. The Labute approximate surface area is 173 Å². The first-order valence-electron chi connectivity index (χ1n) is 12.7. The van der Waals surface area contributed by atoms with Gasteiger partial charge in [0.25, 0.3) is 0 Å². The van der Waals surface area contributed by atoms with Gasteiger partial charge in [0.2, 0.25) is 0 Å². The van der Waals surface area contributed by atoms with E-state index in [0.29, 0.717) is 6.10 Å². The molecular weight excluding hydrogens is 342 g/mol. The molecule has 0 bridgehead atoms. The minimum absolute atomic E-state index is 0.0191. The molecule has 4 saturated carbocycles. The van der Waals surface area contributed by atoms with E-state index in [1.54, 1.807) is 0 Å². The number of unbranched alkanes of at least 4 members (excludes halogenated alkanes) is 2. The molecule has 0 spiro atoms. The molecule has 0 radical (unpaired) electrons. The van der Waals surface area contributed by atoms with Crippen LogP contribution in [-0.4, -0.2) is 12.7 Å². The highest BCUT2D eigenvalue weighted by Gasteiger charge is 2.52. The zero-order chi connectivity index (χ0) is 19.6. The highest BCUT2D eigenvalue weighted by molar-refractivity contribution is 5.07. The average molecular weight is 386 g/mol. The zero-order valence-electron chi connectivity index (χ0n) is 18.5. The minimum Gasteiger partial charge on any atom is -0.378 e. The van der Waals surface area contributed by atoms with E-state index in [9.17, 15) is 5.26 Å². The van der Waals surface area contributed by atoms with Crippen LogP contribution in [0, 0.1) is 52.3 Å². The van der Waals surface area contributed by atoms with E-state index in [0.717, 1.165) is 48.5 Å². The highest BCUT2D eigenvalue weighted by Crippen LogP contribution is 2.60. The van der Waals surface area contributed by atoms with Crippen molar-refractivity contribution >= 4 is 0 Å². The van der Waals surface area contributed by atoms with Crippen molar-refractivity contribution in [3.8, 4) is 6.07 Å². The summed E-state index contributed by atoms with van der Waals surface area (Å²) in [5, 5.41) is 10.0. The molecule has 0 aromatic rings. The fraction of sp³-hybridized carbons (Fsp3) is 0.962. The van der Waals surface area contributed by atoms with Gasteiger partial charge in [-0.15, -0.1) is 0 Å². The molecule has 0 aromatic heterocycles. The normalized spacial score (nSPS) is 45.4. The van der Waals surface area contributed by atoms with E-state index in [1.807, 2.05) is 0 Å². The molecule has 8 atom stereocenters. The van der Waals surface area contributed by atoms with E-state index in [-0.39, 0.29) is 5.41 Å². The molecule has 0 saturated heterocycles. The molecule has 0 N–H and O–H groups in total. The van der Waals surface area contributed by atoms with Gasteiger partial charge < -0.3 is 4.74 Å². The standard InChI is InChI=1S/C26H43NO/c1-3-5-6-15-26(18-27)16-14-20-19(17-26)10-11-23-21-8-7-9-25(28-4-2)24(21)13-12-22(20)23/h19-25H,3-17H2,1-2H3/t19?,20?,21?,22?,23?,24?,25-,26-/m1/s1. The summed E-state index contributed by atoms with van der Waals surface area (Å²) < 4.78 is 6.19. The van der Waals surface area contributed by atoms with Gasteiger partial charge in [-0.2, -0.15) is 5.26 Å². The van der Waals surface area contributed by atoms with Gasteiger partial charge >= 0.3 is 0 Å². The number of ether oxygens (including phenoxy) is 1. The fourth-order valence-electron chi connectivity index (χ4n) is 8.31. The van der Waals surface area contributed by atoms with Gasteiger partial charge in [0.05, 0.1) is 17.6 Å². The van der Waals surface area contributed by atoms with Crippen LogP contribution in [0.4, 0.5) is 0 Å². The Morgan fingerprint density at radius 3 is 2.39 bits per heavy atom. The summed E-state index contributed by atoms with van der Waals surface area (Å²) in [5.74, 6) is 5.50. The molecule has 2 heteroatoms. The summed E-state index contributed by atoms with van der Waals surface area (Å²) in [6, 6.07) is 2.83. The molecule has 4 rings (SSSR count). The first kappa shape index (κ1) is 20.7. The zero-order valence-corrected chi connectivity index (χ0v) is 18.5. The molecule has 28 heavy (non-hydrogen) atoms. The van der Waals surface area contributed by atoms with Gasteiger partial charge in [-0.3, -0.25) is 0 Å². The number of fused-ring (bicyclic) bond motifs is 5. The Morgan fingerprint density at radius 2 is 1.61 bits per heavy atom. The lowest BCUT2D eigenvalue weighted by Crippen LogP contribution is -2.50. The second-order valence-electron chi connectivity index (χ2n) is 10.8. The van der Waals surface area contributed by atoms with E-state index in [2.05, 4.69) is 19.9 Å². The van der Waals surface area contributed by atoms with Crippen LogP contribution in [0.3, 0.4) is 0 Å². The Hall–Kier alpha value is -0.550. The SMILES string of the molecule is CCCCC[C@@]1(C#N)CCC2C(CCC3C2CCC2C3CCC[C@H]2OCC)C1. The smallest absolute Gasteiger partial charge is 0.0689 e. The van der Waals surface area contributed by atoms with E-state index in [1.165, 1.54) is 83.5 Å². The van der Waals surface area contributed by atoms with Crippen molar-refractivity contribution in [2.75, 3.05) is 6.61 Å². The third-order valence-corrected chi connectivity index (χ3v) is 9.50. The molecule has 6 unspecified atom stereocenters. The van der Waals surface area contributed by atoms with Crippen LogP contribution >= 0.6 is 0 Å². The quantitative estimate of drug-likeness (QED) is 0.455. The second kappa shape index (κ2) is 9.07. The summed E-state index contributed by atoms with van der Waals surface area (Å²) in [7, 11) is 0. The van der Waals surface area contributed by atoms with Gasteiger partial charge in [0.1, 0.15) is 0 Å². The van der Waals surface area contributed by atoms with Crippen molar-refractivity contribution in [3.05, 3.63) is 0 Å². The third-order valence-electron chi connectivity index (χ3n) is 9.50. The van der Waals surface area contributed by atoms with E-state index >= 15 is 0 Å². The molecule has 0 amide bonds. The lowest BCUT2D eigenvalue weighted by atomic mass is 9.49. The molecule has 4 aliphatic carbocycles. The van der Waals surface area contributed by atoms with Gasteiger partial charge in [-0.25, -0.2) is 0 Å². The van der Waals surface area contributed by atoms with E-state index < -0.39 is 0 Å². The number of hydrogen-bond donors (Lipinski definition) is 0. The molecule has 0 heterocycles. The van der Waals surface area contributed by atoms with Crippen LogP contribution in [0.5, 0.6) is 0 Å². The third kappa shape index (κ3) is 3.90. The predicted molar refractivity (Wildman–Crippen MR) is 115 cm³/mol. The number of hydrogen-bond acceptors (Lipinski definition) is 2. The molecule has 0 aromatic carbocycles. The largest absolute Gasteiger partial charge is 0.378 e. The average Bonchev–Trinajstić information content (AvgIpc) is 2.73. The summed E-state index contributed by atoms with van der Waals surface area (Å²) >= 11 is 0. The van der Waals surface area contributed by atoms with Crippen molar-refractivity contribution in [2.24, 2.45) is 40.9 Å². The van der Waals surface area contributed by atoms with Crippen LogP contribution in [0.25, 0.3) is 0 Å². The van der Waals surface area contributed by atoms with Gasteiger partial charge in [-0.05, 0) is 107 Å². The van der Waals surface area contributed by atoms with Gasteiger partial charge in [0, 0.05) is 6.61 Å². The minimum atomic E-state index is 0.0191. The van der Waals surface area contributed by atoms with Crippen molar-refractivity contribution in [1.29, 1.82) is 5.26 Å². The Bertz CT molecular complexity index is 551. The fourth-order valence-corrected chi connectivity index (χ4v) is 8.31. The van der Waals surface area contributed by atoms with Crippen LogP contribution in [0.2, 0.25) is 0 Å². The van der Waals surface area contributed by atoms with Crippen LogP contribution in [-0.2, 0) is 4.74 Å². The lowest BCUT2D eigenvalue weighted by molar-refractivity contribution is -0.107. The summed E-state index contributed by atoms with van der Waals surface area (Å²) in [5.41, 5.74) is 0.0191. The van der Waals surface area contributed by atoms with Crippen molar-refractivity contribution in [2.45, 2.75) is 110 Å². The molecule has 4 fully saturated rings. The number of rotatable bonds is 6. The molecular formula is C26H43NO. The van der Waals surface area contributed by atoms with E-state index in [4.69, 9.17) is 4.74 Å². The molecule has 4 aliphatic rings. The predicted octanol–water partition coefficient (Wildman–Crippen LogP) is 7.13. The summed E-state index contributed by atoms with van der Waals surface area (Å²) in [6.45, 7) is 5.33. The summed E-state index contributed by atoms with van der Waals surface area (Å²) in [6.07, 6.45) is 19.2. The van der Waals surface area contributed by atoms with Crippen molar-refractivity contribution in [1.82, 2.24) is 0 Å².